The molecule has 0 bridgehead atoms. The Balaban J connectivity index is 0. The van der Waals surface area contributed by atoms with E-state index in [-0.39, 0.29) is 32.8 Å². The second-order valence-electron chi connectivity index (χ2n) is 6.30. The molecule has 1 aromatic rings. The van der Waals surface area contributed by atoms with Crippen LogP contribution in [0.3, 0.4) is 0 Å². The molecule has 0 unspecified atom stereocenters. The fraction of sp³-hybridized carbons (Fsp3) is 0.529. The number of carboxylic acid groups (broad SMARTS) is 1. The molecular formula is C17H27LiN2O4. The Kier molecular flexibility index (Phi) is 10.5. The molecule has 1 atom stereocenters. The van der Waals surface area contributed by atoms with Crippen LogP contribution in [0.1, 0.15) is 32.8 Å². The molecule has 7 heteroatoms. The second-order valence-corrected chi connectivity index (χ2v) is 6.30. The van der Waals surface area contributed by atoms with Crippen molar-refractivity contribution < 1.29 is 39.7 Å². The number of hydrogen-bond acceptors (Lipinski definition) is 4. The van der Waals surface area contributed by atoms with Crippen LogP contribution in [0.5, 0.6) is 0 Å². The van der Waals surface area contributed by atoms with Gasteiger partial charge in [0.25, 0.3) is 0 Å². The Morgan fingerprint density at radius 3 is 2.21 bits per heavy atom. The summed E-state index contributed by atoms with van der Waals surface area (Å²) < 4.78 is 5.09. The average molecular weight is 330 g/mol. The molecule has 24 heavy (non-hydrogen) atoms. The standard InChI is InChI=1S/C17H26N2O4.Li.H/c1-12(2)9-15(16(20)21)18-17(22)23-11-14-7-5-13(6-8-14)10-19(3)4;;/h5-8,12,15H,9-11H2,1-4H3,(H,18,22)(H,20,21);;/q;+1;-1/t15-;;/m0../s1. The Bertz CT molecular complexity index is 524. The average Bonchev–Trinajstić information content (AvgIpc) is 2.44. The van der Waals surface area contributed by atoms with Crippen molar-refractivity contribution in [1.82, 2.24) is 10.2 Å². The Morgan fingerprint density at radius 2 is 1.75 bits per heavy atom. The van der Waals surface area contributed by atoms with E-state index in [0.717, 1.165) is 12.1 Å². The number of aliphatic carboxylic acids is 1. The van der Waals surface area contributed by atoms with Crippen LogP contribution in [-0.2, 0) is 22.7 Å². The third-order valence-electron chi connectivity index (χ3n) is 3.19. The molecule has 0 saturated carbocycles. The fourth-order valence-electron chi connectivity index (χ4n) is 2.13. The van der Waals surface area contributed by atoms with Gasteiger partial charge in [0.2, 0.25) is 0 Å². The van der Waals surface area contributed by atoms with E-state index in [9.17, 15) is 9.59 Å². The van der Waals surface area contributed by atoms with Gasteiger partial charge in [0.1, 0.15) is 12.6 Å². The van der Waals surface area contributed by atoms with Crippen molar-refractivity contribution in [3.05, 3.63) is 35.4 Å². The van der Waals surface area contributed by atoms with Crippen LogP contribution in [0.15, 0.2) is 24.3 Å². The molecule has 0 radical (unpaired) electrons. The predicted octanol–water partition coefficient (Wildman–Crippen LogP) is -0.410. The van der Waals surface area contributed by atoms with E-state index < -0.39 is 18.1 Å². The minimum atomic E-state index is -1.05. The summed E-state index contributed by atoms with van der Waals surface area (Å²) in [5.41, 5.74) is 2.03. The molecule has 1 aromatic carbocycles. The Morgan fingerprint density at radius 1 is 1.21 bits per heavy atom. The van der Waals surface area contributed by atoms with Gasteiger partial charge in [0.05, 0.1) is 0 Å². The van der Waals surface area contributed by atoms with Crippen LogP contribution in [-0.4, -0.2) is 42.2 Å². The number of ether oxygens (including phenoxy) is 1. The maximum Gasteiger partial charge on any atom is 1.00 e. The molecular weight excluding hydrogens is 303 g/mol. The van der Waals surface area contributed by atoms with Gasteiger partial charge in [-0.1, -0.05) is 38.1 Å². The number of alkyl carbamates (subject to hydrolysis) is 1. The molecule has 1 amide bonds. The van der Waals surface area contributed by atoms with Gasteiger partial charge < -0.3 is 21.5 Å². The fourth-order valence-corrected chi connectivity index (χ4v) is 2.13. The molecule has 0 aromatic heterocycles. The molecule has 0 spiro atoms. The van der Waals surface area contributed by atoms with Crippen molar-refractivity contribution >= 4 is 12.1 Å². The smallest absolute Gasteiger partial charge is 1.00 e. The maximum atomic E-state index is 11.7. The van der Waals surface area contributed by atoms with Crippen LogP contribution in [0.25, 0.3) is 0 Å². The van der Waals surface area contributed by atoms with E-state index in [2.05, 4.69) is 10.2 Å². The minimum Gasteiger partial charge on any atom is -1.00 e. The Labute approximate surface area is 157 Å². The van der Waals surface area contributed by atoms with Crippen LogP contribution in [0, 0.1) is 5.92 Å². The molecule has 1 rings (SSSR count). The van der Waals surface area contributed by atoms with E-state index in [1.54, 1.807) is 0 Å². The molecule has 0 heterocycles. The summed E-state index contributed by atoms with van der Waals surface area (Å²) in [5, 5.41) is 11.5. The number of carboxylic acids is 1. The first-order chi connectivity index (χ1) is 10.8. The number of nitrogens with one attached hydrogen (secondary N) is 1. The zero-order valence-electron chi connectivity index (χ0n) is 16.2. The predicted molar refractivity (Wildman–Crippen MR) is 89.1 cm³/mol. The van der Waals surface area contributed by atoms with E-state index in [4.69, 9.17) is 9.84 Å². The van der Waals surface area contributed by atoms with Crippen molar-refractivity contribution in [2.75, 3.05) is 14.1 Å². The van der Waals surface area contributed by atoms with Crippen molar-refractivity contribution in [2.24, 2.45) is 5.92 Å². The Hall–Kier alpha value is -1.48. The van der Waals surface area contributed by atoms with Crippen molar-refractivity contribution in [2.45, 2.75) is 39.5 Å². The monoisotopic (exact) mass is 330 g/mol. The number of carbonyl (C=O) groups is 2. The van der Waals surface area contributed by atoms with Gasteiger partial charge >= 0.3 is 30.9 Å². The third kappa shape index (κ3) is 8.97. The van der Waals surface area contributed by atoms with Crippen LogP contribution >= 0.6 is 0 Å². The number of rotatable bonds is 8. The van der Waals surface area contributed by atoms with Gasteiger partial charge in [0.15, 0.2) is 0 Å². The van der Waals surface area contributed by atoms with Gasteiger partial charge in [-0.05, 0) is 37.6 Å². The van der Waals surface area contributed by atoms with Gasteiger partial charge in [-0.3, -0.25) is 0 Å². The van der Waals surface area contributed by atoms with E-state index in [1.165, 1.54) is 5.56 Å². The first-order valence-corrected chi connectivity index (χ1v) is 7.66. The van der Waals surface area contributed by atoms with Crippen molar-refractivity contribution in [1.29, 1.82) is 0 Å². The van der Waals surface area contributed by atoms with Crippen LogP contribution in [0.4, 0.5) is 4.79 Å². The SMILES string of the molecule is CC(C)C[C@H](NC(=O)OCc1ccc(CN(C)C)cc1)C(=O)O.[H-].[Li+]. The molecule has 0 aliphatic heterocycles. The van der Waals surface area contributed by atoms with Gasteiger partial charge in [-0.25, -0.2) is 9.59 Å². The van der Waals surface area contributed by atoms with E-state index in [0.29, 0.717) is 6.42 Å². The number of carbonyl (C=O) groups excluding carboxylic acids is 1. The minimum absolute atomic E-state index is 0. The molecule has 6 nitrogen and oxygen atoms in total. The second kappa shape index (κ2) is 11.1. The summed E-state index contributed by atoms with van der Waals surface area (Å²) in [5.74, 6) is -0.885. The summed E-state index contributed by atoms with van der Waals surface area (Å²) in [6, 6.07) is 6.83. The summed E-state index contributed by atoms with van der Waals surface area (Å²) in [6.07, 6.45) is -0.348. The van der Waals surface area contributed by atoms with E-state index in [1.807, 2.05) is 52.2 Å². The zero-order chi connectivity index (χ0) is 17.4. The van der Waals surface area contributed by atoms with E-state index >= 15 is 0 Å². The van der Waals surface area contributed by atoms with Gasteiger partial charge in [0, 0.05) is 6.54 Å². The number of amides is 1. The van der Waals surface area contributed by atoms with Crippen molar-refractivity contribution in [3.8, 4) is 0 Å². The molecule has 0 aliphatic rings. The number of nitrogens with zero attached hydrogens (tertiary/aromatic N) is 1. The summed E-state index contributed by atoms with van der Waals surface area (Å²) >= 11 is 0. The van der Waals surface area contributed by atoms with Crippen molar-refractivity contribution in [3.63, 3.8) is 0 Å². The number of benzene rings is 1. The number of hydrogen-bond donors (Lipinski definition) is 2. The van der Waals surface area contributed by atoms with Crippen LogP contribution < -0.4 is 24.2 Å². The summed E-state index contributed by atoms with van der Waals surface area (Å²) in [7, 11) is 3.99. The molecule has 0 aliphatic carbocycles. The zero-order valence-corrected chi connectivity index (χ0v) is 15.2. The molecule has 130 valence electrons. The maximum absolute atomic E-state index is 11.7. The largest absolute Gasteiger partial charge is 1.00 e. The quantitative estimate of drug-likeness (QED) is 0.634. The topological polar surface area (TPSA) is 78.9 Å². The molecule has 2 N–H and O–H groups in total. The normalized spacial score (nSPS) is 11.8. The first-order valence-electron chi connectivity index (χ1n) is 7.66. The molecule has 0 saturated heterocycles. The van der Waals surface area contributed by atoms with Gasteiger partial charge in [-0.2, -0.15) is 0 Å². The molecule has 0 fully saturated rings. The first kappa shape index (κ1) is 22.5. The summed E-state index contributed by atoms with van der Waals surface area (Å²) in [6.45, 7) is 4.76. The third-order valence-corrected chi connectivity index (χ3v) is 3.19. The van der Waals surface area contributed by atoms with Gasteiger partial charge in [-0.15, -0.1) is 0 Å². The van der Waals surface area contributed by atoms with Crippen LogP contribution in [0.2, 0.25) is 0 Å². The summed E-state index contributed by atoms with van der Waals surface area (Å²) in [4.78, 5) is 24.9.